The molecule has 5 nitrogen and oxygen atoms in total. The molecule has 0 aliphatic carbocycles. The van der Waals surface area contributed by atoms with Crippen molar-refractivity contribution in [1.29, 1.82) is 0 Å². The highest BCUT2D eigenvalue weighted by Crippen LogP contribution is 2.12. The summed E-state index contributed by atoms with van der Waals surface area (Å²) in [5, 5.41) is 0. The summed E-state index contributed by atoms with van der Waals surface area (Å²) in [5.41, 5.74) is 7.91. The van der Waals surface area contributed by atoms with E-state index < -0.39 is 6.10 Å². The molecular formula is C14H20N2O3. The Labute approximate surface area is 113 Å². The molecule has 5 heteroatoms. The molecule has 0 spiro atoms. The van der Waals surface area contributed by atoms with Crippen molar-refractivity contribution in [3.05, 3.63) is 35.4 Å². The molecule has 1 heterocycles. The van der Waals surface area contributed by atoms with Gasteiger partial charge in [0.15, 0.2) is 6.10 Å². The van der Waals surface area contributed by atoms with Gasteiger partial charge in [-0.25, -0.2) is 4.79 Å². The van der Waals surface area contributed by atoms with Crippen LogP contribution in [-0.2, 0) is 27.4 Å². The number of rotatable bonds is 4. The standard InChI is InChI=1S/C14H20N2O3/c1-18-14(17)13-10-16(6-7-19-13)9-12-4-2-11(8-15)3-5-12/h2-5,13H,6-10,15H2,1H3. The van der Waals surface area contributed by atoms with Crippen molar-refractivity contribution in [3.8, 4) is 0 Å². The summed E-state index contributed by atoms with van der Waals surface area (Å²) in [7, 11) is 1.39. The van der Waals surface area contributed by atoms with E-state index in [4.69, 9.17) is 15.2 Å². The second-order valence-electron chi connectivity index (χ2n) is 4.64. The van der Waals surface area contributed by atoms with Crippen LogP contribution in [0.15, 0.2) is 24.3 Å². The molecule has 0 radical (unpaired) electrons. The zero-order chi connectivity index (χ0) is 13.7. The van der Waals surface area contributed by atoms with Gasteiger partial charge in [-0.15, -0.1) is 0 Å². The molecule has 1 unspecified atom stereocenters. The number of carbonyl (C=O) groups is 1. The van der Waals surface area contributed by atoms with Crippen LogP contribution in [0.4, 0.5) is 0 Å². The maximum atomic E-state index is 11.5. The molecule has 2 rings (SSSR count). The van der Waals surface area contributed by atoms with Crippen molar-refractivity contribution < 1.29 is 14.3 Å². The summed E-state index contributed by atoms with van der Waals surface area (Å²) >= 11 is 0. The minimum atomic E-state index is -0.470. The van der Waals surface area contributed by atoms with E-state index in [0.29, 0.717) is 19.7 Å². The number of carbonyl (C=O) groups excluding carboxylic acids is 1. The van der Waals surface area contributed by atoms with Crippen molar-refractivity contribution in [2.75, 3.05) is 26.8 Å². The van der Waals surface area contributed by atoms with Gasteiger partial charge in [-0.2, -0.15) is 0 Å². The van der Waals surface area contributed by atoms with Gasteiger partial charge in [-0.1, -0.05) is 24.3 Å². The fourth-order valence-corrected chi connectivity index (χ4v) is 2.16. The number of esters is 1. The summed E-state index contributed by atoms with van der Waals surface area (Å²) in [4.78, 5) is 13.7. The van der Waals surface area contributed by atoms with E-state index >= 15 is 0 Å². The monoisotopic (exact) mass is 264 g/mol. The highest BCUT2D eigenvalue weighted by atomic mass is 16.6. The van der Waals surface area contributed by atoms with Gasteiger partial charge in [0.2, 0.25) is 0 Å². The minimum absolute atomic E-state index is 0.303. The van der Waals surface area contributed by atoms with Gasteiger partial charge in [0.05, 0.1) is 13.7 Å². The smallest absolute Gasteiger partial charge is 0.336 e. The first kappa shape index (κ1) is 14.0. The molecule has 1 saturated heterocycles. The van der Waals surface area contributed by atoms with Crippen LogP contribution in [-0.4, -0.2) is 43.8 Å². The first-order valence-corrected chi connectivity index (χ1v) is 6.42. The molecule has 0 saturated carbocycles. The van der Waals surface area contributed by atoms with Crippen LogP contribution in [0.25, 0.3) is 0 Å². The van der Waals surface area contributed by atoms with Crippen LogP contribution in [0.3, 0.4) is 0 Å². The molecular weight excluding hydrogens is 244 g/mol. The van der Waals surface area contributed by atoms with Crippen LogP contribution in [0.2, 0.25) is 0 Å². The largest absolute Gasteiger partial charge is 0.467 e. The van der Waals surface area contributed by atoms with Gasteiger partial charge >= 0.3 is 5.97 Å². The van der Waals surface area contributed by atoms with Gasteiger partial charge in [-0.3, -0.25) is 4.90 Å². The number of hydrogen-bond donors (Lipinski definition) is 1. The summed E-state index contributed by atoms with van der Waals surface area (Å²) in [6.45, 7) is 3.32. The Balaban J connectivity index is 1.92. The third-order valence-electron chi connectivity index (χ3n) is 3.28. The van der Waals surface area contributed by atoms with Gasteiger partial charge in [0.25, 0.3) is 0 Å². The lowest BCUT2D eigenvalue weighted by atomic mass is 10.1. The van der Waals surface area contributed by atoms with Crippen molar-refractivity contribution in [2.24, 2.45) is 5.73 Å². The molecule has 0 amide bonds. The van der Waals surface area contributed by atoms with Gasteiger partial charge in [-0.05, 0) is 11.1 Å². The molecule has 1 atom stereocenters. The molecule has 1 aromatic rings. The number of hydrogen-bond acceptors (Lipinski definition) is 5. The molecule has 1 aliphatic heterocycles. The maximum Gasteiger partial charge on any atom is 0.336 e. The third-order valence-corrected chi connectivity index (χ3v) is 3.28. The minimum Gasteiger partial charge on any atom is -0.467 e. The van der Waals surface area contributed by atoms with E-state index in [1.165, 1.54) is 12.7 Å². The number of ether oxygens (including phenoxy) is 2. The number of benzene rings is 1. The predicted octanol–water partition coefficient (Wildman–Crippen LogP) is 0.519. The molecule has 0 aromatic heterocycles. The summed E-state index contributed by atoms with van der Waals surface area (Å²) < 4.78 is 10.1. The maximum absolute atomic E-state index is 11.5. The van der Waals surface area contributed by atoms with Crippen LogP contribution < -0.4 is 5.73 Å². The average molecular weight is 264 g/mol. The Morgan fingerprint density at radius 3 is 2.74 bits per heavy atom. The molecule has 1 aromatic carbocycles. The number of methoxy groups -OCH3 is 1. The molecule has 1 aliphatic rings. The molecule has 104 valence electrons. The SMILES string of the molecule is COC(=O)C1CN(Cc2ccc(CN)cc2)CCO1. The van der Waals surface area contributed by atoms with Gasteiger partial charge < -0.3 is 15.2 Å². The lowest BCUT2D eigenvalue weighted by Crippen LogP contribution is -2.46. The fourth-order valence-electron chi connectivity index (χ4n) is 2.16. The van der Waals surface area contributed by atoms with E-state index in [0.717, 1.165) is 18.7 Å². The van der Waals surface area contributed by atoms with E-state index in [9.17, 15) is 4.79 Å². The third kappa shape index (κ3) is 3.76. The van der Waals surface area contributed by atoms with Crippen LogP contribution in [0, 0.1) is 0 Å². The molecule has 1 fully saturated rings. The topological polar surface area (TPSA) is 64.8 Å². The zero-order valence-electron chi connectivity index (χ0n) is 11.2. The second-order valence-corrected chi connectivity index (χ2v) is 4.64. The Bertz CT molecular complexity index is 419. The molecule has 2 N–H and O–H groups in total. The number of nitrogens with two attached hydrogens (primary N) is 1. The van der Waals surface area contributed by atoms with Crippen LogP contribution in [0.1, 0.15) is 11.1 Å². The predicted molar refractivity (Wildman–Crippen MR) is 71.4 cm³/mol. The summed E-state index contributed by atoms with van der Waals surface area (Å²) in [6.07, 6.45) is -0.470. The van der Waals surface area contributed by atoms with E-state index in [-0.39, 0.29) is 5.97 Å². The van der Waals surface area contributed by atoms with Gasteiger partial charge in [0.1, 0.15) is 0 Å². The van der Waals surface area contributed by atoms with E-state index in [1.54, 1.807) is 0 Å². The molecule has 19 heavy (non-hydrogen) atoms. The van der Waals surface area contributed by atoms with E-state index in [2.05, 4.69) is 17.0 Å². The van der Waals surface area contributed by atoms with Gasteiger partial charge in [0, 0.05) is 26.2 Å². The Morgan fingerprint density at radius 1 is 1.42 bits per heavy atom. The first-order chi connectivity index (χ1) is 9.22. The Kier molecular flexibility index (Phi) is 4.90. The highest BCUT2D eigenvalue weighted by molar-refractivity contribution is 5.74. The van der Waals surface area contributed by atoms with Crippen molar-refractivity contribution in [2.45, 2.75) is 19.2 Å². The Morgan fingerprint density at radius 2 is 2.11 bits per heavy atom. The number of morpholine rings is 1. The normalized spacial score (nSPS) is 20.2. The lowest BCUT2D eigenvalue weighted by molar-refractivity contribution is -0.160. The second kappa shape index (κ2) is 6.65. The van der Waals surface area contributed by atoms with E-state index in [1.807, 2.05) is 12.1 Å². The summed E-state index contributed by atoms with van der Waals surface area (Å²) in [6, 6.07) is 8.22. The van der Waals surface area contributed by atoms with Crippen molar-refractivity contribution >= 4 is 5.97 Å². The van der Waals surface area contributed by atoms with Crippen LogP contribution in [0.5, 0.6) is 0 Å². The first-order valence-electron chi connectivity index (χ1n) is 6.42. The fraction of sp³-hybridized carbons (Fsp3) is 0.500. The Hall–Kier alpha value is -1.43. The average Bonchev–Trinajstić information content (AvgIpc) is 2.47. The number of nitrogens with zero attached hydrogens (tertiary/aromatic N) is 1. The quantitative estimate of drug-likeness (QED) is 0.803. The summed E-state index contributed by atoms with van der Waals surface area (Å²) in [5.74, 6) is -0.303. The van der Waals surface area contributed by atoms with Crippen molar-refractivity contribution in [1.82, 2.24) is 4.90 Å². The van der Waals surface area contributed by atoms with Crippen molar-refractivity contribution in [3.63, 3.8) is 0 Å². The lowest BCUT2D eigenvalue weighted by Gasteiger charge is -2.31. The highest BCUT2D eigenvalue weighted by Gasteiger charge is 2.27. The zero-order valence-corrected chi connectivity index (χ0v) is 11.2. The molecule has 0 bridgehead atoms. The van der Waals surface area contributed by atoms with Crippen LogP contribution >= 0.6 is 0 Å².